The van der Waals surface area contributed by atoms with Crippen LogP contribution in [-0.4, -0.2) is 29.7 Å². The number of anilines is 1. The van der Waals surface area contributed by atoms with E-state index in [2.05, 4.69) is 5.32 Å². The molecule has 0 saturated carbocycles. The quantitative estimate of drug-likeness (QED) is 0.852. The topological polar surface area (TPSA) is 64.6 Å². The normalized spacial score (nSPS) is 29.3. The molecule has 23 heavy (non-hydrogen) atoms. The molecule has 5 nitrogen and oxygen atoms in total. The van der Waals surface area contributed by atoms with E-state index in [0.29, 0.717) is 19.4 Å². The highest BCUT2D eigenvalue weighted by Gasteiger charge is 2.56. The second kappa shape index (κ2) is 5.64. The molecule has 124 valence electrons. The van der Waals surface area contributed by atoms with Gasteiger partial charge in [0.1, 0.15) is 5.60 Å². The molecule has 1 aromatic carbocycles. The zero-order valence-electron chi connectivity index (χ0n) is 13.8. The second-order valence-electron chi connectivity index (χ2n) is 7.19. The molecule has 1 aromatic rings. The summed E-state index contributed by atoms with van der Waals surface area (Å²) in [6.45, 7) is 6.42. The number of nitrogens with one attached hydrogen (secondary N) is 1. The van der Waals surface area contributed by atoms with Gasteiger partial charge in [-0.15, -0.1) is 0 Å². The number of aryl methyl sites for hydroxylation is 1. The predicted octanol–water partition coefficient (Wildman–Crippen LogP) is 2.82. The van der Waals surface area contributed by atoms with Gasteiger partial charge in [0.15, 0.2) is 0 Å². The van der Waals surface area contributed by atoms with Crippen molar-refractivity contribution < 1.29 is 19.1 Å². The SMILES string of the molecule is Cc1ccc(NC(=O)[C@@H]2CC(=O)O[C@]23CCOC(C)(C)C3)cc1. The molecule has 1 spiro atoms. The Hall–Kier alpha value is -1.88. The average Bonchev–Trinajstić information content (AvgIpc) is 2.76. The molecule has 2 heterocycles. The third-order valence-electron chi connectivity index (χ3n) is 4.70. The molecule has 2 atom stereocenters. The van der Waals surface area contributed by atoms with Crippen LogP contribution < -0.4 is 5.32 Å². The molecule has 1 N–H and O–H groups in total. The van der Waals surface area contributed by atoms with Crippen molar-refractivity contribution >= 4 is 17.6 Å². The molecule has 5 heteroatoms. The first-order chi connectivity index (χ1) is 10.8. The van der Waals surface area contributed by atoms with E-state index in [1.54, 1.807) is 0 Å². The Morgan fingerprint density at radius 3 is 2.61 bits per heavy atom. The highest BCUT2D eigenvalue weighted by atomic mass is 16.6. The summed E-state index contributed by atoms with van der Waals surface area (Å²) in [5, 5.41) is 2.92. The van der Waals surface area contributed by atoms with Crippen molar-refractivity contribution in [1.82, 2.24) is 0 Å². The maximum atomic E-state index is 12.7. The number of benzene rings is 1. The maximum Gasteiger partial charge on any atom is 0.307 e. The van der Waals surface area contributed by atoms with Gasteiger partial charge in [-0.25, -0.2) is 0 Å². The summed E-state index contributed by atoms with van der Waals surface area (Å²) in [6, 6.07) is 7.62. The van der Waals surface area contributed by atoms with E-state index in [-0.39, 0.29) is 18.3 Å². The number of esters is 1. The van der Waals surface area contributed by atoms with Crippen molar-refractivity contribution in [3.05, 3.63) is 29.8 Å². The fourth-order valence-corrected chi connectivity index (χ4v) is 3.63. The van der Waals surface area contributed by atoms with Crippen molar-refractivity contribution in [1.29, 1.82) is 0 Å². The lowest BCUT2D eigenvalue weighted by Gasteiger charge is -2.43. The number of amides is 1. The molecule has 3 rings (SSSR count). The summed E-state index contributed by atoms with van der Waals surface area (Å²) in [6.07, 6.45) is 1.24. The molecule has 1 amide bonds. The standard InChI is InChI=1S/C18H23NO4/c1-12-4-6-13(7-5-12)19-16(21)14-10-15(20)23-18(14)8-9-22-17(2,3)11-18/h4-7,14H,8-11H2,1-3H3,(H,19,21)/t14-,18-/m0/s1. The Bertz CT molecular complexity index is 622. The lowest BCUT2D eigenvalue weighted by Crippen LogP contribution is -2.52. The van der Waals surface area contributed by atoms with Crippen LogP contribution in [0.25, 0.3) is 0 Å². The number of hydrogen-bond donors (Lipinski definition) is 1. The Morgan fingerprint density at radius 2 is 1.96 bits per heavy atom. The van der Waals surface area contributed by atoms with Gasteiger partial charge in [-0.1, -0.05) is 17.7 Å². The fourth-order valence-electron chi connectivity index (χ4n) is 3.63. The number of rotatable bonds is 2. The van der Waals surface area contributed by atoms with E-state index >= 15 is 0 Å². The fraction of sp³-hybridized carbons (Fsp3) is 0.556. The van der Waals surface area contributed by atoms with Gasteiger partial charge >= 0.3 is 5.97 Å². The molecule has 2 aliphatic rings. The van der Waals surface area contributed by atoms with Crippen LogP contribution in [0.2, 0.25) is 0 Å². The van der Waals surface area contributed by atoms with Crippen LogP contribution in [0.3, 0.4) is 0 Å². The minimum absolute atomic E-state index is 0.133. The van der Waals surface area contributed by atoms with E-state index in [4.69, 9.17) is 9.47 Å². The van der Waals surface area contributed by atoms with Gasteiger partial charge in [-0.3, -0.25) is 9.59 Å². The first-order valence-corrected chi connectivity index (χ1v) is 8.03. The number of hydrogen-bond acceptors (Lipinski definition) is 4. The number of ether oxygens (including phenoxy) is 2. The number of carbonyl (C=O) groups excluding carboxylic acids is 2. The molecule has 2 aliphatic heterocycles. The largest absolute Gasteiger partial charge is 0.458 e. The van der Waals surface area contributed by atoms with E-state index in [1.807, 2.05) is 45.0 Å². The Kier molecular flexibility index (Phi) is 3.92. The van der Waals surface area contributed by atoms with Crippen LogP contribution in [0.1, 0.15) is 38.7 Å². The zero-order chi connectivity index (χ0) is 16.7. The monoisotopic (exact) mass is 317 g/mol. The third-order valence-corrected chi connectivity index (χ3v) is 4.70. The van der Waals surface area contributed by atoms with Gasteiger partial charge in [0.25, 0.3) is 0 Å². The molecular weight excluding hydrogens is 294 g/mol. The molecular formula is C18H23NO4. The van der Waals surface area contributed by atoms with Gasteiger partial charge in [0.05, 0.1) is 24.5 Å². The van der Waals surface area contributed by atoms with Crippen LogP contribution in [0.15, 0.2) is 24.3 Å². The lowest BCUT2D eigenvalue weighted by atomic mass is 9.75. The lowest BCUT2D eigenvalue weighted by molar-refractivity contribution is -0.178. The zero-order valence-corrected chi connectivity index (χ0v) is 13.8. The van der Waals surface area contributed by atoms with Crippen molar-refractivity contribution in [2.75, 3.05) is 11.9 Å². The van der Waals surface area contributed by atoms with E-state index in [0.717, 1.165) is 11.3 Å². The van der Waals surface area contributed by atoms with Gasteiger partial charge in [-0.2, -0.15) is 0 Å². The smallest absolute Gasteiger partial charge is 0.307 e. The van der Waals surface area contributed by atoms with E-state index in [1.165, 1.54) is 0 Å². The summed E-state index contributed by atoms with van der Waals surface area (Å²) in [5.41, 5.74) is 0.727. The van der Waals surface area contributed by atoms with Gasteiger partial charge < -0.3 is 14.8 Å². The minimum Gasteiger partial charge on any atom is -0.458 e. The highest BCUT2D eigenvalue weighted by Crippen LogP contribution is 2.45. The Balaban J connectivity index is 1.80. The van der Waals surface area contributed by atoms with Crippen molar-refractivity contribution in [2.45, 2.75) is 51.2 Å². The molecule has 0 aliphatic carbocycles. The van der Waals surface area contributed by atoms with Crippen molar-refractivity contribution in [3.63, 3.8) is 0 Å². The average molecular weight is 317 g/mol. The Labute approximate surface area is 136 Å². The van der Waals surface area contributed by atoms with Crippen LogP contribution in [0, 0.1) is 12.8 Å². The summed E-state index contributed by atoms with van der Waals surface area (Å²) in [7, 11) is 0. The molecule has 2 fully saturated rings. The van der Waals surface area contributed by atoms with Gasteiger partial charge in [-0.05, 0) is 32.9 Å². The van der Waals surface area contributed by atoms with Crippen molar-refractivity contribution in [2.24, 2.45) is 5.92 Å². The first-order valence-electron chi connectivity index (χ1n) is 8.03. The summed E-state index contributed by atoms with van der Waals surface area (Å²) < 4.78 is 11.4. The summed E-state index contributed by atoms with van der Waals surface area (Å²) >= 11 is 0. The van der Waals surface area contributed by atoms with Crippen LogP contribution in [0.5, 0.6) is 0 Å². The van der Waals surface area contributed by atoms with Gasteiger partial charge in [0, 0.05) is 18.5 Å². The van der Waals surface area contributed by atoms with Crippen molar-refractivity contribution in [3.8, 4) is 0 Å². The summed E-state index contributed by atoms with van der Waals surface area (Å²) in [4.78, 5) is 24.6. The summed E-state index contributed by atoms with van der Waals surface area (Å²) in [5.74, 6) is -0.927. The predicted molar refractivity (Wildman–Crippen MR) is 86.0 cm³/mol. The number of carbonyl (C=O) groups is 2. The third kappa shape index (κ3) is 3.24. The van der Waals surface area contributed by atoms with Gasteiger partial charge in [0.2, 0.25) is 5.91 Å². The van der Waals surface area contributed by atoms with E-state index < -0.39 is 17.1 Å². The molecule has 0 bridgehead atoms. The van der Waals surface area contributed by atoms with Crippen LogP contribution in [-0.2, 0) is 19.1 Å². The Morgan fingerprint density at radius 1 is 1.26 bits per heavy atom. The van der Waals surface area contributed by atoms with E-state index in [9.17, 15) is 9.59 Å². The van der Waals surface area contributed by atoms with Crippen LogP contribution >= 0.6 is 0 Å². The first kappa shape index (κ1) is 16.0. The molecule has 0 unspecified atom stereocenters. The maximum absolute atomic E-state index is 12.7. The highest BCUT2D eigenvalue weighted by molar-refractivity contribution is 5.97. The molecule has 0 aromatic heterocycles. The molecule has 2 saturated heterocycles. The van der Waals surface area contributed by atoms with Crippen LogP contribution in [0.4, 0.5) is 5.69 Å². The minimum atomic E-state index is -0.742. The second-order valence-corrected chi connectivity index (χ2v) is 7.19. The molecule has 0 radical (unpaired) electrons.